The first-order chi connectivity index (χ1) is 16.5. The van der Waals surface area contributed by atoms with Crippen LogP contribution < -0.4 is 19.5 Å². The van der Waals surface area contributed by atoms with Crippen LogP contribution in [-0.2, 0) is 11.2 Å². The van der Waals surface area contributed by atoms with E-state index < -0.39 is 0 Å². The van der Waals surface area contributed by atoms with E-state index in [0.717, 1.165) is 36.1 Å². The van der Waals surface area contributed by atoms with Crippen molar-refractivity contribution in [2.24, 2.45) is 5.92 Å². The minimum atomic E-state index is -0.125. The van der Waals surface area contributed by atoms with Crippen LogP contribution in [-0.4, -0.2) is 48.6 Å². The molecule has 1 saturated carbocycles. The molecule has 6 rings (SSSR count). The number of hydrogen-bond acceptors (Lipinski definition) is 5. The number of fused-ring (bicyclic) bond motifs is 3. The van der Waals surface area contributed by atoms with Gasteiger partial charge >= 0.3 is 0 Å². The second kappa shape index (κ2) is 8.53. The van der Waals surface area contributed by atoms with Gasteiger partial charge in [-0.15, -0.1) is 0 Å². The van der Waals surface area contributed by atoms with Crippen molar-refractivity contribution in [3.63, 3.8) is 0 Å². The van der Waals surface area contributed by atoms with E-state index in [-0.39, 0.29) is 24.0 Å². The number of benzene rings is 2. The first-order valence-corrected chi connectivity index (χ1v) is 12.3. The second-order valence-corrected chi connectivity index (χ2v) is 10.00. The van der Waals surface area contributed by atoms with Crippen LogP contribution in [0.15, 0.2) is 30.3 Å². The molecule has 0 radical (unpaired) electrons. The van der Waals surface area contributed by atoms with Crippen LogP contribution in [0, 0.1) is 12.8 Å². The maximum absolute atomic E-state index is 13.8. The molecule has 178 valence electrons. The van der Waals surface area contributed by atoms with Crippen molar-refractivity contribution < 1.29 is 23.8 Å². The standard InChI is InChI=1S/C27H30N2O5/c1-16-10-23(32-14-17-2-3-17)26-24(11-16)33-15-19-6-8-21(13-29(19)27(26)31)34-20-7-4-18-5-9-25(30)28-22(18)12-20/h4,7,10-12,17,19,21H,2-3,5-6,8-9,13-15H2,1H3,(H,28,30)/t19-,21+/m1/s1. The Labute approximate surface area is 199 Å². The van der Waals surface area contributed by atoms with E-state index in [4.69, 9.17) is 14.2 Å². The van der Waals surface area contributed by atoms with Gasteiger partial charge in [0, 0.05) is 18.2 Å². The summed E-state index contributed by atoms with van der Waals surface area (Å²) < 4.78 is 18.5. The van der Waals surface area contributed by atoms with Gasteiger partial charge in [0.2, 0.25) is 5.91 Å². The van der Waals surface area contributed by atoms with Crippen LogP contribution in [0.3, 0.4) is 0 Å². The van der Waals surface area contributed by atoms with Crippen molar-refractivity contribution in [2.75, 3.05) is 25.1 Å². The summed E-state index contributed by atoms with van der Waals surface area (Å²) in [6.07, 6.45) is 5.17. The summed E-state index contributed by atoms with van der Waals surface area (Å²) in [6, 6.07) is 9.76. The molecular formula is C27H30N2O5. The van der Waals surface area contributed by atoms with E-state index >= 15 is 0 Å². The molecule has 2 amide bonds. The van der Waals surface area contributed by atoms with Gasteiger partial charge < -0.3 is 24.4 Å². The summed E-state index contributed by atoms with van der Waals surface area (Å²) in [4.78, 5) is 27.4. The molecule has 7 heteroatoms. The Morgan fingerprint density at radius 3 is 2.82 bits per heavy atom. The van der Waals surface area contributed by atoms with Gasteiger partial charge in [0.1, 0.15) is 35.5 Å². The monoisotopic (exact) mass is 462 g/mol. The maximum atomic E-state index is 13.8. The third kappa shape index (κ3) is 4.19. The van der Waals surface area contributed by atoms with E-state index in [9.17, 15) is 9.59 Å². The maximum Gasteiger partial charge on any atom is 0.261 e. The van der Waals surface area contributed by atoms with E-state index in [0.29, 0.717) is 54.9 Å². The van der Waals surface area contributed by atoms with Crippen LogP contribution in [0.25, 0.3) is 0 Å². The van der Waals surface area contributed by atoms with Crippen molar-refractivity contribution in [2.45, 2.75) is 57.6 Å². The number of rotatable bonds is 5. The number of carbonyl (C=O) groups excluding carboxylic acids is 2. The molecule has 34 heavy (non-hydrogen) atoms. The van der Waals surface area contributed by atoms with Crippen molar-refractivity contribution in [1.82, 2.24) is 4.90 Å². The van der Waals surface area contributed by atoms with Gasteiger partial charge in [-0.2, -0.15) is 0 Å². The summed E-state index contributed by atoms with van der Waals surface area (Å²) in [7, 11) is 0. The Morgan fingerprint density at radius 2 is 1.97 bits per heavy atom. The number of hydrogen-bond donors (Lipinski definition) is 1. The highest BCUT2D eigenvalue weighted by atomic mass is 16.5. The minimum absolute atomic E-state index is 0.0131. The summed E-state index contributed by atoms with van der Waals surface area (Å²) >= 11 is 0. The van der Waals surface area contributed by atoms with Crippen molar-refractivity contribution in [3.8, 4) is 17.2 Å². The molecule has 7 nitrogen and oxygen atoms in total. The van der Waals surface area contributed by atoms with Crippen molar-refractivity contribution in [1.29, 1.82) is 0 Å². The highest BCUT2D eigenvalue weighted by Crippen LogP contribution is 2.38. The van der Waals surface area contributed by atoms with Crippen LogP contribution >= 0.6 is 0 Å². The summed E-state index contributed by atoms with van der Waals surface area (Å²) in [5.74, 6) is 2.55. The summed E-state index contributed by atoms with van der Waals surface area (Å²) in [5.41, 5.74) is 3.51. The van der Waals surface area contributed by atoms with Gasteiger partial charge in [0.25, 0.3) is 5.91 Å². The number of amides is 2. The fourth-order valence-electron chi connectivity index (χ4n) is 5.11. The average Bonchev–Trinajstić information content (AvgIpc) is 3.66. The fourth-order valence-corrected chi connectivity index (χ4v) is 5.11. The summed E-state index contributed by atoms with van der Waals surface area (Å²) in [6.45, 7) is 3.61. The predicted octanol–water partition coefficient (Wildman–Crippen LogP) is 4.11. The van der Waals surface area contributed by atoms with Crippen molar-refractivity contribution in [3.05, 3.63) is 47.0 Å². The third-order valence-electron chi connectivity index (χ3n) is 7.23. The second-order valence-electron chi connectivity index (χ2n) is 10.00. The third-order valence-corrected chi connectivity index (χ3v) is 7.23. The molecule has 0 spiro atoms. The Kier molecular flexibility index (Phi) is 5.35. The lowest BCUT2D eigenvalue weighted by molar-refractivity contribution is -0.116. The molecule has 2 aromatic rings. The molecule has 0 bridgehead atoms. The first kappa shape index (κ1) is 21.3. The van der Waals surface area contributed by atoms with Gasteiger partial charge in [0.15, 0.2) is 0 Å². The van der Waals surface area contributed by atoms with Crippen LogP contribution in [0.1, 0.15) is 53.6 Å². The molecule has 2 atom stereocenters. The zero-order valence-corrected chi connectivity index (χ0v) is 19.5. The number of piperidine rings is 1. The lowest BCUT2D eigenvalue weighted by Gasteiger charge is -2.38. The molecule has 2 aromatic carbocycles. The molecule has 0 unspecified atom stereocenters. The molecule has 1 N–H and O–H groups in total. The lowest BCUT2D eigenvalue weighted by atomic mass is 9.99. The minimum Gasteiger partial charge on any atom is -0.492 e. The number of carbonyl (C=O) groups is 2. The Morgan fingerprint density at radius 1 is 1.09 bits per heavy atom. The van der Waals surface area contributed by atoms with Crippen molar-refractivity contribution >= 4 is 17.5 Å². The van der Waals surface area contributed by atoms with E-state index in [1.54, 1.807) is 0 Å². The molecule has 0 aromatic heterocycles. The zero-order chi connectivity index (χ0) is 23.2. The number of ether oxygens (including phenoxy) is 3. The highest BCUT2D eigenvalue weighted by Gasteiger charge is 2.39. The Balaban J connectivity index is 1.21. The fraction of sp³-hybridized carbons (Fsp3) is 0.481. The topological polar surface area (TPSA) is 77.1 Å². The molecule has 1 aliphatic carbocycles. The van der Waals surface area contributed by atoms with E-state index in [2.05, 4.69) is 5.32 Å². The van der Waals surface area contributed by atoms with Crippen LogP contribution in [0.2, 0.25) is 0 Å². The van der Waals surface area contributed by atoms with Crippen LogP contribution in [0.5, 0.6) is 17.2 Å². The SMILES string of the molecule is Cc1cc(OCC2CC2)c2c(c1)OC[C@H]1CC[C@H](Oc3ccc4c(c3)NC(=O)CC4)CN1C2=O. The molecular weight excluding hydrogens is 432 g/mol. The molecule has 4 aliphatic rings. The Bertz CT molecular complexity index is 1140. The number of nitrogens with one attached hydrogen (secondary N) is 1. The molecule has 3 heterocycles. The molecule has 3 aliphatic heterocycles. The smallest absolute Gasteiger partial charge is 0.261 e. The van der Waals surface area contributed by atoms with Crippen LogP contribution in [0.4, 0.5) is 5.69 Å². The largest absolute Gasteiger partial charge is 0.492 e. The molecule has 1 saturated heterocycles. The van der Waals surface area contributed by atoms with Gasteiger partial charge in [-0.1, -0.05) is 6.07 Å². The number of anilines is 1. The van der Waals surface area contributed by atoms with Gasteiger partial charge in [-0.3, -0.25) is 9.59 Å². The lowest BCUT2D eigenvalue weighted by Crippen LogP contribution is -2.51. The van der Waals surface area contributed by atoms with Gasteiger partial charge in [0.05, 0.1) is 19.2 Å². The van der Waals surface area contributed by atoms with Gasteiger partial charge in [-0.05, 0) is 74.3 Å². The normalized spacial score (nSPS) is 23.6. The Hall–Kier alpha value is -3.22. The van der Waals surface area contributed by atoms with E-state index in [1.807, 2.05) is 42.2 Å². The summed E-state index contributed by atoms with van der Waals surface area (Å²) in [5, 5.41) is 2.93. The van der Waals surface area contributed by atoms with Gasteiger partial charge in [-0.25, -0.2) is 0 Å². The average molecular weight is 463 g/mol. The van der Waals surface area contributed by atoms with E-state index in [1.165, 1.54) is 12.8 Å². The number of nitrogens with zero attached hydrogens (tertiary/aromatic N) is 1. The molecule has 2 fully saturated rings. The predicted molar refractivity (Wildman–Crippen MR) is 127 cm³/mol. The highest BCUT2D eigenvalue weighted by molar-refractivity contribution is 6.00. The number of aryl methyl sites for hydroxylation is 2. The quantitative estimate of drug-likeness (QED) is 0.724. The first-order valence-electron chi connectivity index (χ1n) is 12.3. The zero-order valence-electron chi connectivity index (χ0n) is 19.5.